The summed E-state index contributed by atoms with van der Waals surface area (Å²) in [6.07, 6.45) is 2.44. The standard InChI is InChI=1S/C6H3N3O3.C6H5N3O.2CH4/c7-2-4-1-5(9(11)12)6(10)8-3-4;7-2-4-1-5(8)6(10)9-3-4;;/h1,3H,(H,8,10);1,3H,8H2,(H,9,10);2*1H4. The number of hydrogen-bond donors (Lipinski definition) is 3. The van der Waals surface area contributed by atoms with E-state index in [1.54, 1.807) is 6.07 Å². The molecule has 10 heteroatoms. The van der Waals surface area contributed by atoms with E-state index in [4.69, 9.17) is 16.3 Å². The third-order valence-corrected chi connectivity index (χ3v) is 2.27. The second-order valence-corrected chi connectivity index (χ2v) is 3.76. The third-order valence-electron chi connectivity index (χ3n) is 2.27. The van der Waals surface area contributed by atoms with E-state index < -0.39 is 16.2 Å². The minimum atomic E-state index is -0.834. The number of anilines is 1. The molecule has 2 rings (SSSR count). The Morgan fingerprint density at radius 1 is 1.00 bits per heavy atom. The summed E-state index contributed by atoms with van der Waals surface area (Å²) in [7, 11) is 0. The highest BCUT2D eigenvalue weighted by Gasteiger charge is 2.11. The highest BCUT2D eigenvalue weighted by Crippen LogP contribution is 2.04. The molecular formula is C14H16N6O4. The molecule has 126 valence electrons. The van der Waals surface area contributed by atoms with Gasteiger partial charge in [-0.3, -0.25) is 19.7 Å². The van der Waals surface area contributed by atoms with Crippen molar-refractivity contribution in [3.05, 3.63) is 66.5 Å². The molecule has 0 atom stereocenters. The van der Waals surface area contributed by atoms with Crippen molar-refractivity contribution in [2.24, 2.45) is 0 Å². The van der Waals surface area contributed by atoms with Crippen LogP contribution in [0.25, 0.3) is 0 Å². The van der Waals surface area contributed by atoms with E-state index in [1.807, 2.05) is 6.07 Å². The molecule has 0 saturated heterocycles. The van der Waals surface area contributed by atoms with Gasteiger partial charge in [-0.25, -0.2) is 0 Å². The number of nitrogen functional groups attached to an aromatic ring is 1. The van der Waals surface area contributed by atoms with Crippen molar-refractivity contribution in [3.8, 4) is 12.1 Å². The first kappa shape index (κ1) is 22.4. The van der Waals surface area contributed by atoms with Gasteiger partial charge in [0.2, 0.25) is 0 Å². The van der Waals surface area contributed by atoms with Crippen LogP contribution in [0.3, 0.4) is 0 Å². The molecule has 0 saturated carbocycles. The van der Waals surface area contributed by atoms with Gasteiger partial charge in [0.1, 0.15) is 12.1 Å². The van der Waals surface area contributed by atoms with E-state index in [0.29, 0.717) is 5.56 Å². The topological polar surface area (TPSA) is 182 Å². The van der Waals surface area contributed by atoms with Gasteiger partial charge in [0.05, 0.1) is 21.7 Å². The molecule has 0 aliphatic carbocycles. The zero-order valence-corrected chi connectivity index (χ0v) is 10.9. The van der Waals surface area contributed by atoms with Crippen molar-refractivity contribution in [2.45, 2.75) is 14.9 Å². The molecular weight excluding hydrogens is 316 g/mol. The molecule has 2 heterocycles. The lowest BCUT2D eigenvalue weighted by Crippen LogP contribution is -2.10. The SMILES string of the molecule is C.C.N#Cc1c[nH]c(=O)c(N)c1.N#Cc1c[nH]c(=O)c([N+](=O)[O-])c1. The van der Waals surface area contributed by atoms with E-state index in [0.717, 1.165) is 12.3 Å². The molecule has 0 unspecified atom stereocenters. The monoisotopic (exact) mass is 332 g/mol. The van der Waals surface area contributed by atoms with Gasteiger partial charge in [0.25, 0.3) is 5.56 Å². The number of H-pyrrole nitrogens is 2. The predicted octanol–water partition coefficient (Wildman–Crippen LogP) is 1.26. The van der Waals surface area contributed by atoms with Crippen LogP contribution in [0.1, 0.15) is 26.0 Å². The summed E-state index contributed by atoms with van der Waals surface area (Å²) >= 11 is 0. The zero-order valence-electron chi connectivity index (χ0n) is 10.9. The first-order valence-electron chi connectivity index (χ1n) is 5.54. The van der Waals surface area contributed by atoms with Crippen LogP contribution in [0.5, 0.6) is 0 Å². The van der Waals surface area contributed by atoms with Crippen LogP contribution in [0.4, 0.5) is 11.4 Å². The molecule has 2 aromatic rings. The number of nitriles is 2. The highest BCUT2D eigenvalue weighted by molar-refractivity contribution is 5.41. The maximum atomic E-state index is 10.7. The minimum absolute atomic E-state index is 0. The Morgan fingerprint density at radius 2 is 1.46 bits per heavy atom. The molecule has 0 fully saturated rings. The maximum absolute atomic E-state index is 10.7. The normalized spacial score (nSPS) is 8.08. The Labute approximate surface area is 137 Å². The quantitative estimate of drug-likeness (QED) is 0.518. The third kappa shape index (κ3) is 5.83. The van der Waals surface area contributed by atoms with Crippen LogP contribution in [0, 0.1) is 32.8 Å². The summed E-state index contributed by atoms with van der Waals surface area (Å²) in [6, 6.07) is 5.78. The van der Waals surface area contributed by atoms with Gasteiger partial charge in [-0.1, -0.05) is 14.9 Å². The number of nitro groups is 1. The van der Waals surface area contributed by atoms with Gasteiger partial charge in [0, 0.05) is 18.5 Å². The zero-order chi connectivity index (χ0) is 16.7. The van der Waals surface area contributed by atoms with Crippen LogP contribution in [-0.4, -0.2) is 14.9 Å². The summed E-state index contributed by atoms with van der Waals surface area (Å²) in [4.78, 5) is 35.0. The lowest BCUT2D eigenvalue weighted by Gasteiger charge is -1.89. The molecule has 24 heavy (non-hydrogen) atoms. The van der Waals surface area contributed by atoms with Crippen LogP contribution in [0.15, 0.2) is 34.1 Å². The van der Waals surface area contributed by atoms with Crippen molar-refractivity contribution in [2.75, 3.05) is 5.73 Å². The largest absolute Gasteiger partial charge is 0.394 e. The molecule has 0 spiro atoms. The Bertz CT molecular complexity index is 901. The average molecular weight is 332 g/mol. The number of nitrogens with two attached hydrogens (primary N) is 1. The smallest absolute Gasteiger partial charge is 0.335 e. The molecule has 4 N–H and O–H groups in total. The lowest BCUT2D eigenvalue weighted by atomic mass is 10.3. The first-order chi connectivity index (χ1) is 10.4. The van der Waals surface area contributed by atoms with Crippen LogP contribution in [-0.2, 0) is 0 Å². The van der Waals surface area contributed by atoms with Crippen molar-refractivity contribution in [1.82, 2.24) is 9.97 Å². The van der Waals surface area contributed by atoms with E-state index in [2.05, 4.69) is 9.97 Å². The van der Waals surface area contributed by atoms with Gasteiger partial charge in [-0.05, 0) is 6.07 Å². The van der Waals surface area contributed by atoms with Crippen LogP contribution >= 0.6 is 0 Å². The fraction of sp³-hybridized carbons (Fsp3) is 0.143. The Balaban J connectivity index is 0. The second kappa shape index (κ2) is 9.92. The molecule has 10 nitrogen and oxygen atoms in total. The lowest BCUT2D eigenvalue weighted by molar-refractivity contribution is -0.386. The van der Waals surface area contributed by atoms with Crippen LogP contribution in [0.2, 0.25) is 0 Å². The van der Waals surface area contributed by atoms with Gasteiger partial charge in [-0.2, -0.15) is 10.5 Å². The molecule has 0 aliphatic heterocycles. The summed E-state index contributed by atoms with van der Waals surface area (Å²) in [5, 5.41) is 26.8. The van der Waals surface area contributed by atoms with Crippen molar-refractivity contribution in [3.63, 3.8) is 0 Å². The number of hydrogen-bond acceptors (Lipinski definition) is 7. The summed E-state index contributed by atoms with van der Waals surface area (Å²) in [6.45, 7) is 0. The number of nitrogens with zero attached hydrogens (tertiary/aromatic N) is 3. The molecule has 0 aliphatic rings. The fourth-order valence-corrected chi connectivity index (χ4v) is 1.24. The molecule has 0 radical (unpaired) electrons. The average Bonchev–Trinajstić information content (AvgIpc) is 2.51. The predicted molar refractivity (Wildman–Crippen MR) is 88.1 cm³/mol. The number of rotatable bonds is 1. The van der Waals surface area contributed by atoms with E-state index in [9.17, 15) is 19.7 Å². The van der Waals surface area contributed by atoms with Crippen molar-refractivity contribution in [1.29, 1.82) is 10.5 Å². The minimum Gasteiger partial charge on any atom is -0.394 e. The number of aromatic nitrogens is 2. The Morgan fingerprint density at radius 3 is 1.88 bits per heavy atom. The number of nitrogens with one attached hydrogen (secondary N) is 2. The maximum Gasteiger partial charge on any atom is 0.335 e. The molecule has 0 bridgehead atoms. The fourth-order valence-electron chi connectivity index (χ4n) is 1.24. The Hall–Kier alpha value is -3.92. The van der Waals surface area contributed by atoms with E-state index in [-0.39, 0.29) is 31.7 Å². The van der Waals surface area contributed by atoms with Gasteiger partial charge < -0.3 is 15.7 Å². The van der Waals surface area contributed by atoms with Gasteiger partial charge in [-0.15, -0.1) is 0 Å². The van der Waals surface area contributed by atoms with Gasteiger partial charge in [0.15, 0.2) is 0 Å². The van der Waals surface area contributed by atoms with E-state index >= 15 is 0 Å². The molecule has 0 amide bonds. The number of pyridine rings is 2. The first-order valence-corrected chi connectivity index (χ1v) is 5.54. The van der Waals surface area contributed by atoms with Crippen molar-refractivity contribution >= 4 is 11.4 Å². The summed E-state index contributed by atoms with van der Waals surface area (Å²) in [5.41, 5.74) is 3.90. The van der Waals surface area contributed by atoms with Crippen molar-refractivity contribution < 1.29 is 4.92 Å². The summed E-state index contributed by atoms with van der Waals surface area (Å²) < 4.78 is 0. The van der Waals surface area contributed by atoms with Crippen LogP contribution < -0.4 is 16.9 Å². The molecule has 2 aromatic heterocycles. The van der Waals surface area contributed by atoms with Gasteiger partial charge >= 0.3 is 11.2 Å². The highest BCUT2D eigenvalue weighted by atomic mass is 16.6. The Kier molecular flexibility index (Phi) is 9.24. The second-order valence-electron chi connectivity index (χ2n) is 3.76. The molecule has 0 aromatic carbocycles. The van der Waals surface area contributed by atoms with E-state index in [1.165, 1.54) is 12.3 Å². The number of aromatic amines is 2. The summed E-state index contributed by atoms with van der Waals surface area (Å²) in [5.74, 6) is 0.